The first-order valence-corrected chi connectivity index (χ1v) is 5.79. The van der Waals surface area contributed by atoms with Gasteiger partial charge in [0.2, 0.25) is 0 Å². The van der Waals surface area contributed by atoms with Gasteiger partial charge < -0.3 is 5.11 Å². The van der Waals surface area contributed by atoms with Gasteiger partial charge >= 0.3 is 0 Å². The van der Waals surface area contributed by atoms with E-state index in [1.165, 1.54) is 24.3 Å². The number of para-hydroxylation sites is 1. The highest BCUT2D eigenvalue weighted by Crippen LogP contribution is 2.20. The van der Waals surface area contributed by atoms with Crippen molar-refractivity contribution in [2.24, 2.45) is 0 Å². The molecular weight excluding hydrogens is 266 g/mol. The first-order valence-electron chi connectivity index (χ1n) is 5.79. The number of benzene rings is 2. The molecule has 0 aliphatic carbocycles. The lowest BCUT2D eigenvalue weighted by Crippen LogP contribution is -2.12. The first-order chi connectivity index (χ1) is 9.50. The van der Waals surface area contributed by atoms with Crippen LogP contribution in [0.2, 0.25) is 0 Å². The fourth-order valence-electron chi connectivity index (χ4n) is 1.80. The molecule has 20 heavy (non-hydrogen) atoms. The third kappa shape index (κ3) is 2.71. The van der Waals surface area contributed by atoms with Gasteiger partial charge in [-0.2, -0.15) is 0 Å². The summed E-state index contributed by atoms with van der Waals surface area (Å²) in [4.78, 5) is 23.6. The molecule has 2 aromatic rings. The average Bonchev–Trinajstić information content (AvgIpc) is 2.38. The van der Waals surface area contributed by atoms with Crippen LogP contribution in [0, 0.1) is 11.6 Å². The topological polar surface area (TPSA) is 54.4 Å². The monoisotopic (exact) mass is 276 g/mol. The maximum absolute atomic E-state index is 13.4. The molecule has 1 N–H and O–H groups in total. The largest absolute Gasteiger partial charge is 0.507 e. The van der Waals surface area contributed by atoms with Crippen LogP contribution in [-0.4, -0.2) is 16.7 Å². The Morgan fingerprint density at radius 1 is 0.900 bits per heavy atom. The van der Waals surface area contributed by atoms with Crippen molar-refractivity contribution in [3.63, 3.8) is 0 Å². The third-order valence-electron chi connectivity index (χ3n) is 2.77. The summed E-state index contributed by atoms with van der Waals surface area (Å²) in [6, 6.07) is 8.68. The second kappa shape index (κ2) is 5.61. The van der Waals surface area contributed by atoms with Crippen molar-refractivity contribution in [1.82, 2.24) is 0 Å². The smallest absolute Gasteiger partial charge is 0.176 e. The highest BCUT2D eigenvalue weighted by atomic mass is 19.1. The zero-order chi connectivity index (χ0) is 14.7. The fraction of sp³-hybridized carbons (Fsp3) is 0.0667. The number of hydrogen-bond donors (Lipinski definition) is 1. The summed E-state index contributed by atoms with van der Waals surface area (Å²) in [5.74, 6) is -3.97. The fourth-order valence-corrected chi connectivity index (χ4v) is 1.80. The van der Waals surface area contributed by atoms with Gasteiger partial charge in [0.25, 0.3) is 0 Å². The minimum Gasteiger partial charge on any atom is -0.507 e. The van der Waals surface area contributed by atoms with Crippen LogP contribution in [0.15, 0.2) is 42.5 Å². The van der Waals surface area contributed by atoms with Gasteiger partial charge in [-0.15, -0.1) is 0 Å². The number of halogens is 2. The van der Waals surface area contributed by atoms with Gasteiger partial charge in [-0.3, -0.25) is 9.59 Å². The van der Waals surface area contributed by atoms with E-state index >= 15 is 0 Å². The molecule has 0 radical (unpaired) electrons. The molecule has 3 nitrogen and oxygen atoms in total. The molecule has 0 aliphatic rings. The Morgan fingerprint density at radius 2 is 1.50 bits per heavy atom. The molecule has 0 aromatic heterocycles. The Bertz CT molecular complexity index is 660. The van der Waals surface area contributed by atoms with Crippen LogP contribution in [0.4, 0.5) is 8.78 Å². The lowest BCUT2D eigenvalue weighted by molar-refractivity contribution is 0.0889. The molecule has 0 fully saturated rings. The van der Waals surface area contributed by atoms with E-state index in [1.54, 1.807) is 0 Å². The number of phenolic OH excluding ortho intramolecular Hbond substituents is 1. The van der Waals surface area contributed by atoms with Crippen LogP contribution in [0.25, 0.3) is 0 Å². The van der Waals surface area contributed by atoms with Crippen molar-refractivity contribution in [2.75, 3.05) is 0 Å². The van der Waals surface area contributed by atoms with Gasteiger partial charge in [-0.05, 0) is 24.3 Å². The number of hydrogen-bond acceptors (Lipinski definition) is 3. The quantitative estimate of drug-likeness (QED) is 0.689. The normalized spacial score (nSPS) is 10.3. The van der Waals surface area contributed by atoms with E-state index in [2.05, 4.69) is 0 Å². The molecule has 0 saturated carbocycles. The van der Waals surface area contributed by atoms with Crippen molar-refractivity contribution in [3.05, 3.63) is 65.2 Å². The number of phenols is 1. The lowest BCUT2D eigenvalue weighted by atomic mass is 10.0. The average molecular weight is 276 g/mol. The van der Waals surface area contributed by atoms with Gasteiger partial charge in [0.15, 0.2) is 11.6 Å². The number of rotatable bonds is 4. The Kier molecular flexibility index (Phi) is 3.89. The number of ketones is 2. The lowest BCUT2D eigenvalue weighted by Gasteiger charge is -2.05. The van der Waals surface area contributed by atoms with Crippen LogP contribution in [0.1, 0.15) is 27.1 Å². The van der Waals surface area contributed by atoms with Gasteiger partial charge in [0.05, 0.1) is 17.5 Å². The Hall–Kier alpha value is -2.56. The van der Waals surface area contributed by atoms with E-state index in [0.29, 0.717) is 0 Å². The van der Waals surface area contributed by atoms with E-state index in [9.17, 15) is 23.5 Å². The molecule has 2 rings (SSSR count). The van der Waals surface area contributed by atoms with Gasteiger partial charge in [0.1, 0.15) is 17.4 Å². The van der Waals surface area contributed by atoms with Crippen LogP contribution in [0.3, 0.4) is 0 Å². The Morgan fingerprint density at radius 3 is 2.10 bits per heavy atom. The van der Waals surface area contributed by atoms with Crippen molar-refractivity contribution in [3.8, 4) is 5.75 Å². The van der Waals surface area contributed by atoms with Crippen LogP contribution >= 0.6 is 0 Å². The highest BCUT2D eigenvalue weighted by Gasteiger charge is 2.21. The third-order valence-corrected chi connectivity index (χ3v) is 2.77. The van der Waals surface area contributed by atoms with Crippen LogP contribution < -0.4 is 0 Å². The predicted molar refractivity (Wildman–Crippen MR) is 67.7 cm³/mol. The van der Waals surface area contributed by atoms with E-state index in [0.717, 1.165) is 18.2 Å². The van der Waals surface area contributed by atoms with Crippen molar-refractivity contribution in [1.29, 1.82) is 0 Å². The molecule has 0 heterocycles. The number of Topliss-reactive ketones (excluding diaryl/α,β-unsaturated/α-hetero) is 2. The maximum Gasteiger partial charge on any atom is 0.176 e. The zero-order valence-corrected chi connectivity index (χ0v) is 10.3. The second-order valence-electron chi connectivity index (χ2n) is 4.14. The van der Waals surface area contributed by atoms with Crippen LogP contribution in [-0.2, 0) is 0 Å². The first kappa shape index (κ1) is 13.9. The molecule has 0 atom stereocenters. The number of carbonyl (C=O) groups excluding carboxylic acids is 2. The molecule has 0 amide bonds. The van der Waals surface area contributed by atoms with Crippen molar-refractivity contribution in [2.45, 2.75) is 6.42 Å². The molecule has 0 aliphatic heterocycles. The minimum atomic E-state index is -1.01. The SMILES string of the molecule is O=C(CC(=O)c1c(F)cccc1F)c1ccccc1O. The molecule has 0 unspecified atom stereocenters. The molecule has 0 saturated heterocycles. The Labute approximate surface area is 113 Å². The van der Waals surface area contributed by atoms with Gasteiger partial charge in [0, 0.05) is 0 Å². The van der Waals surface area contributed by atoms with Gasteiger partial charge in [-0.1, -0.05) is 18.2 Å². The zero-order valence-electron chi connectivity index (χ0n) is 10.3. The van der Waals surface area contributed by atoms with E-state index in [-0.39, 0.29) is 11.3 Å². The summed E-state index contributed by atoms with van der Waals surface area (Å²) in [7, 11) is 0. The summed E-state index contributed by atoms with van der Waals surface area (Å²) < 4.78 is 26.8. The van der Waals surface area contributed by atoms with Crippen molar-refractivity contribution < 1.29 is 23.5 Å². The minimum absolute atomic E-state index is 0.0578. The highest BCUT2D eigenvalue weighted by molar-refractivity contribution is 6.14. The Balaban J connectivity index is 2.25. The molecule has 102 valence electrons. The van der Waals surface area contributed by atoms with Crippen LogP contribution in [0.5, 0.6) is 5.75 Å². The second-order valence-corrected chi connectivity index (χ2v) is 4.14. The van der Waals surface area contributed by atoms with Crippen molar-refractivity contribution >= 4 is 11.6 Å². The summed E-state index contributed by atoms with van der Waals surface area (Å²) in [5, 5.41) is 9.49. The van der Waals surface area contributed by atoms with E-state index in [1.807, 2.05) is 0 Å². The summed E-state index contributed by atoms with van der Waals surface area (Å²) >= 11 is 0. The summed E-state index contributed by atoms with van der Waals surface area (Å²) in [5.41, 5.74) is -0.797. The molecule has 0 bridgehead atoms. The maximum atomic E-state index is 13.4. The molecule has 0 spiro atoms. The summed E-state index contributed by atoms with van der Waals surface area (Å²) in [6.07, 6.45) is -0.713. The molecule has 5 heteroatoms. The predicted octanol–water partition coefficient (Wildman–Crippen LogP) is 3.13. The van der Waals surface area contributed by atoms with E-state index in [4.69, 9.17) is 0 Å². The molecular formula is C15H10F2O3. The summed E-state index contributed by atoms with van der Waals surface area (Å²) in [6.45, 7) is 0. The van der Waals surface area contributed by atoms with E-state index < -0.39 is 35.2 Å². The standard InChI is InChI=1S/C15H10F2O3/c16-10-5-3-6-11(17)15(10)14(20)8-13(19)9-4-1-2-7-12(9)18/h1-7,18H,8H2. The van der Waals surface area contributed by atoms with Gasteiger partial charge in [-0.25, -0.2) is 8.78 Å². The number of carbonyl (C=O) groups is 2. The molecule has 2 aromatic carbocycles. The number of aromatic hydroxyl groups is 1.